The van der Waals surface area contributed by atoms with Crippen molar-refractivity contribution >= 4 is 28.8 Å². The number of urea groups is 1. The van der Waals surface area contributed by atoms with E-state index >= 15 is 0 Å². The molecule has 4 amide bonds. The normalized spacial score (nSPS) is 23.6. The van der Waals surface area contributed by atoms with Crippen LogP contribution in [0.1, 0.15) is 38.4 Å². The summed E-state index contributed by atoms with van der Waals surface area (Å²) >= 11 is 0. The molecule has 0 bridgehead atoms. The third-order valence-corrected chi connectivity index (χ3v) is 5.45. The van der Waals surface area contributed by atoms with Crippen molar-refractivity contribution in [3.05, 3.63) is 36.1 Å². The fourth-order valence-electron chi connectivity index (χ4n) is 3.79. The Morgan fingerprint density at radius 3 is 2.56 bits per heavy atom. The highest BCUT2D eigenvalue weighted by atomic mass is 16.3. The second-order valence-electron chi connectivity index (χ2n) is 7.39. The molecule has 0 radical (unpaired) electrons. The van der Waals surface area contributed by atoms with Gasteiger partial charge in [0.05, 0.1) is 0 Å². The molecule has 142 valence electrons. The SMILES string of the molecule is CC1(c2cc3ccccc3o2)NC(=O)N(CC(=O)N2CCCCCC2)C1=O. The zero-order valence-electron chi connectivity index (χ0n) is 15.4. The number of hydrogen-bond acceptors (Lipinski definition) is 4. The standard InChI is InChI=1S/C20H23N3O4/c1-20(16-12-14-8-4-5-9-15(14)27-16)18(25)23(19(26)21-20)13-17(24)22-10-6-2-3-7-11-22/h4-5,8-9,12H,2-3,6-7,10-11,13H2,1H3,(H,21,26). The number of hydrogen-bond donors (Lipinski definition) is 1. The highest BCUT2D eigenvalue weighted by molar-refractivity contribution is 6.09. The quantitative estimate of drug-likeness (QED) is 0.843. The molecule has 27 heavy (non-hydrogen) atoms. The predicted molar refractivity (Wildman–Crippen MR) is 98.9 cm³/mol. The molecule has 2 aromatic rings. The Morgan fingerprint density at radius 2 is 1.85 bits per heavy atom. The summed E-state index contributed by atoms with van der Waals surface area (Å²) in [4.78, 5) is 40.8. The van der Waals surface area contributed by atoms with E-state index in [9.17, 15) is 14.4 Å². The summed E-state index contributed by atoms with van der Waals surface area (Å²) in [6.07, 6.45) is 4.14. The van der Waals surface area contributed by atoms with Gasteiger partial charge in [-0.2, -0.15) is 0 Å². The average molecular weight is 369 g/mol. The number of furan rings is 1. The molecule has 2 fully saturated rings. The van der Waals surface area contributed by atoms with Crippen molar-refractivity contribution in [2.45, 2.75) is 38.1 Å². The summed E-state index contributed by atoms with van der Waals surface area (Å²) in [6, 6.07) is 8.61. The van der Waals surface area contributed by atoms with Gasteiger partial charge in [-0.15, -0.1) is 0 Å². The van der Waals surface area contributed by atoms with E-state index < -0.39 is 17.5 Å². The number of nitrogens with one attached hydrogen (secondary N) is 1. The van der Waals surface area contributed by atoms with E-state index in [2.05, 4.69) is 5.32 Å². The molecule has 1 aromatic carbocycles. The van der Waals surface area contributed by atoms with E-state index in [-0.39, 0.29) is 12.5 Å². The zero-order chi connectivity index (χ0) is 19.0. The Balaban J connectivity index is 1.54. The maximum absolute atomic E-state index is 13.0. The third kappa shape index (κ3) is 3.07. The first-order valence-corrected chi connectivity index (χ1v) is 9.40. The molecular weight excluding hydrogens is 346 g/mol. The summed E-state index contributed by atoms with van der Waals surface area (Å²) in [5.74, 6) is -0.282. The maximum Gasteiger partial charge on any atom is 0.325 e. The van der Waals surface area contributed by atoms with Crippen LogP contribution in [0.3, 0.4) is 0 Å². The van der Waals surface area contributed by atoms with E-state index in [0.29, 0.717) is 24.4 Å². The molecule has 7 heteroatoms. The van der Waals surface area contributed by atoms with Crippen molar-refractivity contribution in [3.8, 4) is 0 Å². The van der Waals surface area contributed by atoms with Gasteiger partial charge in [0.15, 0.2) is 5.54 Å². The second kappa shape index (κ2) is 6.72. The molecule has 2 aliphatic heterocycles. The van der Waals surface area contributed by atoms with Crippen molar-refractivity contribution < 1.29 is 18.8 Å². The number of likely N-dealkylation sites (tertiary alicyclic amines) is 1. The van der Waals surface area contributed by atoms with Crippen molar-refractivity contribution in [3.63, 3.8) is 0 Å². The fraction of sp³-hybridized carbons (Fsp3) is 0.450. The molecule has 0 spiro atoms. The highest BCUT2D eigenvalue weighted by Crippen LogP contribution is 2.33. The fourth-order valence-corrected chi connectivity index (χ4v) is 3.79. The van der Waals surface area contributed by atoms with E-state index in [4.69, 9.17) is 4.42 Å². The van der Waals surface area contributed by atoms with Crippen LogP contribution in [0, 0.1) is 0 Å². The molecule has 1 unspecified atom stereocenters. The number of imide groups is 1. The minimum Gasteiger partial charge on any atom is -0.458 e. The van der Waals surface area contributed by atoms with Gasteiger partial charge in [-0.05, 0) is 31.9 Å². The molecule has 7 nitrogen and oxygen atoms in total. The monoisotopic (exact) mass is 369 g/mol. The van der Waals surface area contributed by atoms with E-state index in [1.165, 1.54) is 0 Å². The first-order chi connectivity index (χ1) is 13.0. The minimum absolute atomic E-state index is 0.186. The maximum atomic E-state index is 13.0. The molecule has 0 aliphatic carbocycles. The second-order valence-corrected chi connectivity index (χ2v) is 7.39. The topological polar surface area (TPSA) is 82.9 Å². The molecule has 2 saturated heterocycles. The summed E-state index contributed by atoms with van der Waals surface area (Å²) in [6.45, 7) is 2.74. The third-order valence-electron chi connectivity index (χ3n) is 5.45. The number of benzene rings is 1. The van der Waals surface area contributed by atoms with Gasteiger partial charge in [-0.3, -0.25) is 14.5 Å². The predicted octanol–water partition coefficient (Wildman–Crippen LogP) is 2.60. The zero-order valence-corrected chi connectivity index (χ0v) is 15.4. The Hall–Kier alpha value is -2.83. The lowest BCUT2D eigenvalue weighted by Crippen LogP contribution is -2.44. The van der Waals surface area contributed by atoms with Gasteiger partial charge in [0.25, 0.3) is 5.91 Å². The number of rotatable bonds is 3. The largest absolute Gasteiger partial charge is 0.458 e. The van der Waals surface area contributed by atoms with E-state index in [1.807, 2.05) is 24.3 Å². The van der Waals surface area contributed by atoms with Crippen molar-refractivity contribution in [1.82, 2.24) is 15.1 Å². The lowest BCUT2D eigenvalue weighted by Gasteiger charge is -2.23. The van der Waals surface area contributed by atoms with Gasteiger partial charge >= 0.3 is 6.03 Å². The van der Waals surface area contributed by atoms with Crippen molar-refractivity contribution in [2.75, 3.05) is 19.6 Å². The van der Waals surface area contributed by atoms with Crippen LogP contribution in [0.2, 0.25) is 0 Å². The van der Waals surface area contributed by atoms with Gasteiger partial charge in [-0.25, -0.2) is 4.79 Å². The molecule has 1 aromatic heterocycles. The van der Waals surface area contributed by atoms with Crippen LogP contribution in [0.5, 0.6) is 0 Å². The molecule has 0 saturated carbocycles. The van der Waals surface area contributed by atoms with Gasteiger partial charge < -0.3 is 14.6 Å². The highest BCUT2D eigenvalue weighted by Gasteiger charge is 2.51. The number of fused-ring (bicyclic) bond motifs is 1. The first kappa shape index (κ1) is 17.6. The Kier molecular flexibility index (Phi) is 4.37. The summed E-state index contributed by atoms with van der Waals surface area (Å²) < 4.78 is 5.80. The Morgan fingerprint density at radius 1 is 1.15 bits per heavy atom. The molecule has 1 atom stereocenters. The molecule has 3 heterocycles. The Labute approximate surface area is 157 Å². The molecule has 1 N–H and O–H groups in total. The van der Waals surface area contributed by atoms with Crippen LogP contribution in [-0.2, 0) is 15.1 Å². The number of carbonyl (C=O) groups excluding carboxylic acids is 3. The van der Waals surface area contributed by atoms with Gasteiger partial charge in [-0.1, -0.05) is 31.0 Å². The summed E-state index contributed by atoms with van der Waals surface area (Å²) in [5, 5.41) is 3.56. The van der Waals surface area contributed by atoms with Crippen LogP contribution in [0.4, 0.5) is 4.79 Å². The minimum atomic E-state index is -1.31. The molecule has 2 aliphatic rings. The number of carbonyl (C=O) groups is 3. The number of nitrogens with zero attached hydrogens (tertiary/aromatic N) is 2. The van der Waals surface area contributed by atoms with Crippen LogP contribution in [-0.4, -0.2) is 47.3 Å². The average Bonchev–Trinajstić information content (AvgIpc) is 3.03. The summed E-state index contributed by atoms with van der Waals surface area (Å²) in [7, 11) is 0. The Bertz CT molecular complexity index is 865. The van der Waals surface area contributed by atoms with Gasteiger partial charge in [0, 0.05) is 18.5 Å². The van der Waals surface area contributed by atoms with Gasteiger partial charge in [0.1, 0.15) is 17.9 Å². The number of amides is 4. The number of para-hydroxylation sites is 1. The molecular formula is C20H23N3O4. The van der Waals surface area contributed by atoms with Crippen LogP contribution >= 0.6 is 0 Å². The van der Waals surface area contributed by atoms with E-state index in [0.717, 1.165) is 36.0 Å². The first-order valence-electron chi connectivity index (χ1n) is 9.40. The van der Waals surface area contributed by atoms with Gasteiger partial charge in [0.2, 0.25) is 5.91 Å². The lowest BCUT2D eigenvalue weighted by atomic mass is 9.99. The van der Waals surface area contributed by atoms with Crippen LogP contribution < -0.4 is 5.32 Å². The van der Waals surface area contributed by atoms with Crippen molar-refractivity contribution in [2.24, 2.45) is 0 Å². The van der Waals surface area contributed by atoms with E-state index in [1.54, 1.807) is 17.9 Å². The van der Waals surface area contributed by atoms with Crippen LogP contribution in [0.15, 0.2) is 34.7 Å². The van der Waals surface area contributed by atoms with Crippen LogP contribution in [0.25, 0.3) is 11.0 Å². The molecule has 4 rings (SSSR count). The lowest BCUT2D eigenvalue weighted by molar-refractivity contribution is -0.139. The van der Waals surface area contributed by atoms with Crippen molar-refractivity contribution in [1.29, 1.82) is 0 Å². The summed E-state index contributed by atoms with van der Waals surface area (Å²) in [5.41, 5.74) is -0.662. The smallest absolute Gasteiger partial charge is 0.325 e.